The second kappa shape index (κ2) is 6.60. The molecule has 0 fully saturated rings. The van der Waals surface area contributed by atoms with E-state index in [1.807, 2.05) is 30.3 Å². The Morgan fingerprint density at radius 2 is 2.00 bits per heavy atom. The lowest BCUT2D eigenvalue weighted by Crippen LogP contribution is -2.09. The zero-order chi connectivity index (χ0) is 13.8. The molecule has 19 heavy (non-hydrogen) atoms. The summed E-state index contributed by atoms with van der Waals surface area (Å²) in [6.07, 6.45) is 2.73. The minimum atomic E-state index is 0.178. The minimum absolute atomic E-state index is 0.178. The molecule has 1 aromatic heterocycles. The predicted molar refractivity (Wildman–Crippen MR) is 85.1 cm³/mol. The molecule has 1 N–H and O–H groups in total. The van der Waals surface area contributed by atoms with Crippen molar-refractivity contribution >= 4 is 44.8 Å². The molecule has 0 spiro atoms. The molecule has 0 saturated heterocycles. The summed E-state index contributed by atoms with van der Waals surface area (Å²) in [5.41, 5.74) is 2.08. The van der Waals surface area contributed by atoms with E-state index in [1.54, 1.807) is 6.20 Å². The monoisotopic (exact) mass is 358 g/mol. The van der Waals surface area contributed by atoms with E-state index in [-0.39, 0.29) is 6.04 Å². The van der Waals surface area contributed by atoms with Gasteiger partial charge in [0.05, 0.1) is 28.0 Å². The standard InChI is InChI=1S/C14H13BrCl2N2/c1-2-13(9-3-5-11(16)12(17)7-9)19-10-4-6-14(15)18-8-10/h3-8,13,19H,2H2,1H3. The van der Waals surface area contributed by atoms with Crippen molar-refractivity contribution in [2.24, 2.45) is 0 Å². The van der Waals surface area contributed by atoms with Gasteiger partial charge in [-0.1, -0.05) is 36.2 Å². The van der Waals surface area contributed by atoms with Crippen LogP contribution in [0, 0.1) is 0 Å². The average Bonchev–Trinajstić information content (AvgIpc) is 2.41. The van der Waals surface area contributed by atoms with Crippen LogP contribution in [0.15, 0.2) is 41.1 Å². The van der Waals surface area contributed by atoms with Crippen LogP contribution in [0.2, 0.25) is 10.0 Å². The van der Waals surface area contributed by atoms with Gasteiger partial charge in [-0.05, 0) is 52.2 Å². The lowest BCUT2D eigenvalue weighted by Gasteiger charge is -2.19. The van der Waals surface area contributed by atoms with Crippen LogP contribution in [0.1, 0.15) is 24.9 Å². The first-order chi connectivity index (χ1) is 9.10. The molecule has 1 heterocycles. The van der Waals surface area contributed by atoms with Gasteiger partial charge in [-0.2, -0.15) is 0 Å². The smallest absolute Gasteiger partial charge is 0.106 e. The van der Waals surface area contributed by atoms with E-state index in [4.69, 9.17) is 23.2 Å². The van der Waals surface area contributed by atoms with E-state index >= 15 is 0 Å². The van der Waals surface area contributed by atoms with Crippen molar-refractivity contribution in [2.75, 3.05) is 5.32 Å². The normalized spacial score (nSPS) is 12.2. The van der Waals surface area contributed by atoms with Crippen LogP contribution < -0.4 is 5.32 Å². The summed E-state index contributed by atoms with van der Waals surface area (Å²) in [6.45, 7) is 2.12. The lowest BCUT2D eigenvalue weighted by atomic mass is 10.0. The second-order valence-corrected chi connectivity index (χ2v) is 5.78. The summed E-state index contributed by atoms with van der Waals surface area (Å²) in [4.78, 5) is 4.20. The van der Waals surface area contributed by atoms with Crippen molar-refractivity contribution in [2.45, 2.75) is 19.4 Å². The fraction of sp³-hybridized carbons (Fsp3) is 0.214. The van der Waals surface area contributed by atoms with Gasteiger partial charge in [0, 0.05) is 0 Å². The number of benzene rings is 1. The van der Waals surface area contributed by atoms with E-state index < -0.39 is 0 Å². The first-order valence-corrected chi connectivity index (χ1v) is 7.48. The molecule has 0 aliphatic heterocycles. The Morgan fingerprint density at radius 3 is 2.58 bits per heavy atom. The average molecular weight is 360 g/mol. The van der Waals surface area contributed by atoms with Gasteiger partial charge in [-0.3, -0.25) is 0 Å². The SMILES string of the molecule is CCC(Nc1ccc(Br)nc1)c1ccc(Cl)c(Cl)c1. The van der Waals surface area contributed by atoms with Gasteiger partial charge < -0.3 is 5.32 Å². The molecule has 2 rings (SSSR count). The van der Waals surface area contributed by atoms with Gasteiger partial charge in [0.1, 0.15) is 4.60 Å². The summed E-state index contributed by atoms with van der Waals surface area (Å²) in [7, 11) is 0. The maximum atomic E-state index is 6.06. The minimum Gasteiger partial charge on any atom is -0.377 e. The van der Waals surface area contributed by atoms with Crippen molar-refractivity contribution in [3.63, 3.8) is 0 Å². The van der Waals surface area contributed by atoms with Gasteiger partial charge in [0.2, 0.25) is 0 Å². The van der Waals surface area contributed by atoms with E-state index in [0.717, 1.165) is 22.3 Å². The molecule has 0 saturated carbocycles. The Labute approximate surface area is 131 Å². The van der Waals surface area contributed by atoms with Crippen molar-refractivity contribution in [3.8, 4) is 0 Å². The molecule has 0 radical (unpaired) electrons. The van der Waals surface area contributed by atoms with Crippen molar-refractivity contribution < 1.29 is 0 Å². The van der Waals surface area contributed by atoms with Crippen LogP contribution in [0.5, 0.6) is 0 Å². The summed E-state index contributed by atoms with van der Waals surface area (Å²) in [5.74, 6) is 0. The van der Waals surface area contributed by atoms with Crippen LogP contribution in [-0.2, 0) is 0 Å². The number of aromatic nitrogens is 1. The molecule has 0 aliphatic rings. The Bertz CT molecular complexity index is 558. The van der Waals surface area contributed by atoms with E-state index in [1.165, 1.54) is 0 Å². The van der Waals surface area contributed by atoms with E-state index in [2.05, 4.69) is 33.2 Å². The fourth-order valence-electron chi connectivity index (χ4n) is 1.81. The van der Waals surface area contributed by atoms with E-state index in [9.17, 15) is 0 Å². The zero-order valence-corrected chi connectivity index (χ0v) is 13.4. The van der Waals surface area contributed by atoms with Crippen molar-refractivity contribution in [1.82, 2.24) is 4.98 Å². The third kappa shape index (κ3) is 3.85. The van der Waals surface area contributed by atoms with Gasteiger partial charge in [-0.15, -0.1) is 0 Å². The number of rotatable bonds is 4. The summed E-state index contributed by atoms with van der Waals surface area (Å²) >= 11 is 15.3. The Morgan fingerprint density at radius 1 is 1.21 bits per heavy atom. The molecule has 1 atom stereocenters. The number of pyridine rings is 1. The number of anilines is 1. The number of halogens is 3. The highest BCUT2D eigenvalue weighted by atomic mass is 79.9. The first kappa shape index (κ1) is 14.6. The fourth-order valence-corrected chi connectivity index (χ4v) is 2.35. The number of hydrogen-bond donors (Lipinski definition) is 1. The third-order valence-electron chi connectivity index (χ3n) is 2.82. The van der Waals surface area contributed by atoms with Crippen LogP contribution in [0.25, 0.3) is 0 Å². The molecular formula is C14H13BrCl2N2. The second-order valence-electron chi connectivity index (χ2n) is 4.15. The Kier molecular flexibility index (Phi) is 5.08. The molecule has 100 valence electrons. The van der Waals surface area contributed by atoms with Crippen LogP contribution in [-0.4, -0.2) is 4.98 Å². The molecule has 1 unspecified atom stereocenters. The predicted octanol–water partition coefficient (Wildman–Crippen LogP) is 5.71. The van der Waals surface area contributed by atoms with Gasteiger partial charge in [-0.25, -0.2) is 4.98 Å². The molecule has 5 heteroatoms. The summed E-state index contributed by atoms with van der Waals surface area (Å²) in [6, 6.07) is 9.78. The number of hydrogen-bond acceptors (Lipinski definition) is 2. The van der Waals surface area contributed by atoms with Gasteiger partial charge >= 0.3 is 0 Å². The Hall–Kier alpha value is -0.770. The maximum absolute atomic E-state index is 6.06. The molecule has 1 aromatic carbocycles. The highest BCUT2D eigenvalue weighted by Gasteiger charge is 2.11. The number of nitrogens with one attached hydrogen (secondary N) is 1. The largest absolute Gasteiger partial charge is 0.377 e. The molecule has 2 nitrogen and oxygen atoms in total. The molecule has 0 amide bonds. The summed E-state index contributed by atoms with van der Waals surface area (Å²) < 4.78 is 0.820. The zero-order valence-electron chi connectivity index (χ0n) is 10.3. The van der Waals surface area contributed by atoms with E-state index in [0.29, 0.717) is 10.0 Å². The van der Waals surface area contributed by atoms with Crippen molar-refractivity contribution in [1.29, 1.82) is 0 Å². The molecule has 2 aromatic rings. The van der Waals surface area contributed by atoms with Crippen molar-refractivity contribution in [3.05, 3.63) is 56.7 Å². The summed E-state index contributed by atoms with van der Waals surface area (Å²) in [5, 5.41) is 4.59. The number of nitrogens with zero attached hydrogens (tertiary/aromatic N) is 1. The molecular weight excluding hydrogens is 347 g/mol. The highest BCUT2D eigenvalue weighted by Crippen LogP contribution is 2.29. The lowest BCUT2D eigenvalue weighted by molar-refractivity contribution is 0.748. The molecule has 0 aliphatic carbocycles. The van der Waals surface area contributed by atoms with Gasteiger partial charge in [0.25, 0.3) is 0 Å². The quantitative estimate of drug-likeness (QED) is 0.706. The van der Waals surface area contributed by atoms with Crippen LogP contribution >= 0.6 is 39.1 Å². The first-order valence-electron chi connectivity index (χ1n) is 5.93. The van der Waals surface area contributed by atoms with Crippen LogP contribution in [0.4, 0.5) is 5.69 Å². The Balaban J connectivity index is 2.19. The van der Waals surface area contributed by atoms with Crippen LogP contribution in [0.3, 0.4) is 0 Å². The van der Waals surface area contributed by atoms with Gasteiger partial charge in [0.15, 0.2) is 0 Å². The third-order valence-corrected chi connectivity index (χ3v) is 4.03. The highest BCUT2D eigenvalue weighted by molar-refractivity contribution is 9.10. The topological polar surface area (TPSA) is 24.9 Å². The molecule has 0 bridgehead atoms. The maximum Gasteiger partial charge on any atom is 0.106 e.